The standard InChI is InChI=1S/C24H23BrN2O2S2/c1-2-3-4-8-13-26-19-12-11-17(25)14-18(19)20(22(26)28)21-23(29)27(24(30)31-21)15-16-9-6-5-7-10-16/h5-7,9-12,14H,2-4,8,13,15H2,1H3. The van der Waals surface area contributed by atoms with Gasteiger partial charge in [0.2, 0.25) is 0 Å². The van der Waals surface area contributed by atoms with Gasteiger partial charge in [-0.05, 0) is 30.2 Å². The topological polar surface area (TPSA) is 40.6 Å². The van der Waals surface area contributed by atoms with Gasteiger partial charge in [-0.2, -0.15) is 0 Å². The van der Waals surface area contributed by atoms with Gasteiger partial charge in [0.1, 0.15) is 4.32 Å². The van der Waals surface area contributed by atoms with E-state index in [4.69, 9.17) is 12.2 Å². The summed E-state index contributed by atoms with van der Waals surface area (Å²) in [5.74, 6) is -0.300. The van der Waals surface area contributed by atoms with Crippen LogP contribution in [0.3, 0.4) is 0 Å². The Morgan fingerprint density at radius 1 is 0.968 bits per heavy atom. The van der Waals surface area contributed by atoms with E-state index < -0.39 is 0 Å². The maximum absolute atomic E-state index is 13.5. The molecular formula is C24H23BrN2O2S2. The fourth-order valence-electron chi connectivity index (χ4n) is 3.89. The molecule has 0 aromatic heterocycles. The molecule has 0 aliphatic carbocycles. The fourth-order valence-corrected chi connectivity index (χ4v) is 5.58. The highest BCUT2D eigenvalue weighted by molar-refractivity contribution is 9.10. The highest BCUT2D eigenvalue weighted by Crippen LogP contribution is 2.45. The molecule has 4 rings (SSSR count). The van der Waals surface area contributed by atoms with E-state index in [1.165, 1.54) is 11.8 Å². The average Bonchev–Trinajstić information content (AvgIpc) is 3.18. The molecule has 0 spiro atoms. The number of amides is 2. The summed E-state index contributed by atoms with van der Waals surface area (Å²) in [4.78, 5) is 30.6. The van der Waals surface area contributed by atoms with Crippen LogP contribution in [0.1, 0.15) is 43.7 Å². The first-order valence-electron chi connectivity index (χ1n) is 10.4. The van der Waals surface area contributed by atoms with Gasteiger partial charge in [0.25, 0.3) is 11.8 Å². The Labute approximate surface area is 200 Å². The number of carbonyl (C=O) groups excluding carboxylic acids is 2. The van der Waals surface area contributed by atoms with Gasteiger partial charge in [0.05, 0.1) is 22.7 Å². The van der Waals surface area contributed by atoms with Crippen molar-refractivity contribution in [2.24, 2.45) is 0 Å². The molecule has 2 aromatic carbocycles. The molecule has 0 unspecified atom stereocenters. The average molecular weight is 515 g/mol. The Bertz CT molecular complexity index is 1070. The summed E-state index contributed by atoms with van der Waals surface area (Å²) in [6, 6.07) is 15.6. The summed E-state index contributed by atoms with van der Waals surface area (Å²) >= 11 is 10.3. The van der Waals surface area contributed by atoms with Crippen molar-refractivity contribution in [1.29, 1.82) is 0 Å². The molecule has 2 heterocycles. The normalized spacial score (nSPS) is 18.3. The van der Waals surface area contributed by atoms with Gasteiger partial charge >= 0.3 is 0 Å². The maximum Gasteiger partial charge on any atom is 0.267 e. The van der Waals surface area contributed by atoms with Crippen LogP contribution in [0, 0.1) is 0 Å². The largest absolute Gasteiger partial charge is 0.308 e. The van der Waals surface area contributed by atoms with E-state index in [-0.39, 0.29) is 11.8 Å². The Hall–Kier alpha value is -1.96. The van der Waals surface area contributed by atoms with Gasteiger partial charge in [-0.15, -0.1) is 0 Å². The number of anilines is 1. The highest BCUT2D eigenvalue weighted by Gasteiger charge is 2.41. The van der Waals surface area contributed by atoms with E-state index in [0.29, 0.717) is 27.9 Å². The number of fused-ring (bicyclic) bond motifs is 1. The first-order valence-corrected chi connectivity index (χ1v) is 12.5. The van der Waals surface area contributed by atoms with E-state index in [9.17, 15) is 9.59 Å². The lowest BCUT2D eigenvalue weighted by Gasteiger charge is -2.17. The molecule has 31 heavy (non-hydrogen) atoms. The molecule has 2 aliphatic rings. The van der Waals surface area contributed by atoms with Crippen LogP contribution in [0.4, 0.5) is 5.69 Å². The van der Waals surface area contributed by atoms with Gasteiger partial charge in [0, 0.05) is 16.6 Å². The molecule has 4 nitrogen and oxygen atoms in total. The van der Waals surface area contributed by atoms with Crippen LogP contribution < -0.4 is 4.90 Å². The fraction of sp³-hybridized carbons (Fsp3) is 0.292. The lowest BCUT2D eigenvalue weighted by Crippen LogP contribution is -2.29. The second-order valence-corrected chi connectivity index (χ2v) is 10.2. The minimum Gasteiger partial charge on any atom is -0.308 e. The van der Waals surface area contributed by atoms with Crippen LogP contribution in [0.25, 0.3) is 5.57 Å². The summed E-state index contributed by atoms with van der Waals surface area (Å²) in [7, 11) is 0. The summed E-state index contributed by atoms with van der Waals surface area (Å²) < 4.78 is 1.37. The predicted molar refractivity (Wildman–Crippen MR) is 135 cm³/mol. The van der Waals surface area contributed by atoms with Crippen molar-refractivity contribution in [1.82, 2.24) is 4.90 Å². The van der Waals surface area contributed by atoms with Crippen molar-refractivity contribution in [2.75, 3.05) is 11.4 Å². The van der Waals surface area contributed by atoms with Crippen LogP contribution in [-0.4, -0.2) is 27.6 Å². The third-order valence-corrected chi connectivity index (χ3v) is 7.41. The molecule has 0 radical (unpaired) electrons. The lowest BCUT2D eigenvalue weighted by atomic mass is 10.1. The smallest absolute Gasteiger partial charge is 0.267 e. The molecule has 1 saturated heterocycles. The lowest BCUT2D eigenvalue weighted by molar-refractivity contribution is -0.122. The second-order valence-electron chi connectivity index (χ2n) is 7.63. The molecule has 2 aromatic rings. The molecule has 0 N–H and O–H groups in total. The van der Waals surface area contributed by atoms with Crippen molar-refractivity contribution in [3.8, 4) is 0 Å². The first kappa shape index (κ1) is 22.2. The number of benzene rings is 2. The number of carbonyl (C=O) groups is 2. The number of thioether (sulfide) groups is 1. The first-order chi connectivity index (χ1) is 15.0. The van der Waals surface area contributed by atoms with Crippen LogP contribution in [0.15, 0.2) is 57.9 Å². The SMILES string of the molecule is CCCCCCN1C(=O)C(=C2SC(=S)N(Cc3ccccc3)C2=O)c2cc(Br)ccc21. The number of hydrogen-bond acceptors (Lipinski definition) is 4. The molecule has 0 saturated carbocycles. The molecule has 160 valence electrons. The van der Waals surface area contributed by atoms with E-state index in [1.807, 2.05) is 53.4 Å². The van der Waals surface area contributed by atoms with Gasteiger partial charge in [0.15, 0.2) is 0 Å². The van der Waals surface area contributed by atoms with Gasteiger partial charge in [-0.1, -0.05) is 96.4 Å². The Morgan fingerprint density at radius 3 is 2.48 bits per heavy atom. The van der Waals surface area contributed by atoms with Crippen molar-refractivity contribution in [2.45, 2.75) is 39.2 Å². The van der Waals surface area contributed by atoms with Crippen molar-refractivity contribution in [3.63, 3.8) is 0 Å². The molecule has 2 aliphatic heterocycles. The van der Waals surface area contributed by atoms with E-state index in [2.05, 4.69) is 22.9 Å². The molecular weight excluding hydrogens is 492 g/mol. The van der Waals surface area contributed by atoms with Gasteiger partial charge in [-0.25, -0.2) is 0 Å². The van der Waals surface area contributed by atoms with Crippen LogP contribution in [0.2, 0.25) is 0 Å². The van der Waals surface area contributed by atoms with Crippen LogP contribution in [0.5, 0.6) is 0 Å². The van der Waals surface area contributed by atoms with Gasteiger partial charge in [-0.3, -0.25) is 14.5 Å². The zero-order valence-corrected chi connectivity index (χ0v) is 20.5. The molecule has 1 fully saturated rings. The minimum atomic E-state index is -0.194. The summed E-state index contributed by atoms with van der Waals surface area (Å²) in [5, 5.41) is 0. The number of unbranched alkanes of at least 4 members (excludes halogenated alkanes) is 3. The zero-order chi connectivity index (χ0) is 22.0. The molecule has 2 amide bonds. The van der Waals surface area contributed by atoms with Crippen LogP contribution in [-0.2, 0) is 16.1 Å². The summed E-state index contributed by atoms with van der Waals surface area (Å²) in [5.41, 5.74) is 3.14. The molecule has 7 heteroatoms. The molecule has 0 atom stereocenters. The van der Waals surface area contributed by atoms with E-state index in [0.717, 1.165) is 47.0 Å². The Kier molecular flexibility index (Phi) is 6.94. The quantitative estimate of drug-likeness (QED) is 0.252. The maximum atomic E-state index is 13.5. The summed E-state index contributed by atoms with van der Waals surface area (Å²) in [6.07, 6.45) is 4.32. The monoisotopic (exact) mass is 514 g/mol. The number of hydrogen-bond donors (Lipinski definition) is 0. The predicted octanol–water partition coefficient (Wildman–Crippen LogP) is 6.15. The summed E-state index contributed by atoms with van der Waals surface area (Å²) in [6.45, 7) is 3.23. The van der Waals surface area contributed by atoms with E-state index in [1.54, 1.807) is 4.90 Å². The number of nitrogens with zero attached hydrogens (tertiary/aromatic N) is 2. The van der Waals surface area contributed by atoms with E-state index >= 15 is 0 Å². The van der Waals surface area contributed by atoms with Crippen LogP contribution >= 0.6 is 39.9 Å². The number of thiocarbonyl (C=S) groups is 1. The van der Waals surface area contributed by atoms with Crippen molar-refractivity contribution < 1.29 is 9.59 Å². The van der Waals surface area contributed by atoms with Crippen molar-refractivity contribution in [3.05, 3.63) is 69.0 Å². The Balaban J connectivity index is 1.67. The van der Waals surface area contributed by atoms with Crippen molar-refractivity contribution >= 4 is 67.3 Å². The number of rotatable bonds is 7. The van der Waals surface area contributed by atoms with Gasteiger partial charge < -0.3 is 4.90 Å². The number of halogens is 1. The highest BCUT2D eigenvalue weighted by atomic mass is 79.9. The minimum absolute atomic E-state index is 0.107. The third kappa shape index (κ3) is 4.49. The zero-order valence-electron chi connectivity index (χ0n) is 17.3. The Morgan fingerprint density at radius 2 is 1.74 bits per heavy atom. The second kappa shape index (κ2) is 9.67. The third-order valence-electron chi connectivity index (χ3n) is 5.47. The molecule has 0 bridgehead atoms.